The maximum absolute atomic E-state index is 9.74. The summed E-state index contributed by atoms with van der Waals surface area (Å²) in [5.41, 5.74) is 6.28. The van der Waals surface area contributed by atoms with Crippen LogP contribution in [-0.2, 0) is 0 Å². The molecule has 1 atom stereocenters. The minimum Gasteiger partial charge on any atom is -0.543 e. The van der Waals surface area contributed by atoms with Gasteiger partial charge in [-0.15, -0.1) is 0 Å². The first-order chi connectivity index (χ1) is 8.17. The van der Waals surface area contributed by atoms with Crippen LogP contribution in [0.4, 0.5) is 0 Å². The van der Waals surface area contributed by atoms with Crippen LogP contribution in [-0.4, -0.2) is 20.0 Å². The van der Waals surface area contributed by atoms with Crippen molar-refractivity contribution in [1.29, 1.82) is 0 Å². The van der Waals surface area contributed by atoms with Gasteiger partial charge < -0.3 is 15.3 Å². The Morgan fingerprint density at radius 2 is 1.94 bits per heavy atom. The lowest BCUT2D eigenvalue weighted by atomic mass is 10.1. The lowest BCUT2D eigenvalue weighted by Crippen LogP contribution is -2.43. The van der Waals surface area contributed by atoms with Gasteiger partial charge in [-0.2, -0.15) is 0 Å². The third-order valence-electron chi connectivity index (χ3n) is 3.65. The molecular weight excluding hydrogens is 242 g/mol. The molecule has 0 aliphatic rings. The van der Waals surface area contributed by atoms with E-state index in [0.29, 0.717) is 0 Å². The molecule has 0 aliphatic carbocycles. The Bertz CT molecular complexity index is 399. The van der Waals surface area contributed by atoms with Crippen LogP contribution in [0.25, 0.3) is 0 Å². The molecule has 0 amide bonds. The molecule has 0 saturated carbocycles. The van der Waals surface area contributed by atoms with Crippen LogP contribution in [0.3, 0.4) is 0 Å². The summed E-state index contributed by atoms with van der Waals surface area (Å²) in [5, 5.41) is 9.90. The first kappa shape index (κ1) is 15.2. The number of hydrogen-bond donors (Lipinski definition) is 2. The number of rotatable bonds is 4. The van der Waals surface area contributed by atoms with E-state index < -0.39 is 14.4 Å². The van der Waals surface area contributed by atoms with Crippen molar-refractivity contribution in [3.63, 3.8) is 0 Å². The summed E-state index contributed by atoms with van der Waals surface area (Å²) in [4.78, 5) is 0. The molecule has 0 heterocycles. The summed E-state index contributed by atoms with van der Waals surface area (Å²) in [6, 6.07) is 7.60. The Morgan fingerprint density at radius 3 is 2.44 bits per heavy atom. The monoisotopic (exact) mass is 267 g/mol. The molecule has 0 radical (unpaired) electrons. The average Bonchev–Trinajstić information content (AvgIpc) is 2.26. The molecule has 0 saturated heterocycles. The van der Waals surface area contributed by atoms with Crippen molar-refractivity contribution >= 4 is 8.32 Å². The number of aliphatic hydroxyl groups is 1. The van der Waals surface area contributed by atoms with E-state index in [1.807, 2.05) is 24.3 Å². The fourth-order valence-corrected chi connectivity index (χ4v) is 2.39. The van der Waals surface area contributed by atoms with Crippen molar-refractivity contribution in [2.24, 2.45) is 5.73 Å². The number of hydrogen-bond acceptors (Lipinski definition) is 3. The molecule has 0 spiro atoms. The van der Waals surface area contributed by atoms with E-state index in [1.54, 1.807) is 0 Å². The van der Waals surface area contributed by atoms with Gasteiger partial charge in [0.05, 0.1) is 6.10 Å². The Morgan fingerprint density at radius 1 is 1.33 bits per heavy atom. The van der Waals surface area contributed by atoms with Crippen molar-refractivity contribution in [1.82, 2.24) is 0 Å². The van der Waals surface area contributed by atoms with Crippen molar-refractivity contribution in [3.8, 4) is 5.75 Å². The van der Waals surface area contributed by atoms with E-state index >= 15 is 0 Å². The molecule has 4 heteroatoms. The zero-order chi connectivity index (χ0) is 14.0. The molecule has 1 aromatic rings. The lowest BCUT2D eigenvalue weighted by Gasteiger charge is -2.36. The van der Waals surface area contributed by atoms with Gasteiger partial charge in [0.2, 0.25) is 8.32 Å². The Kier molecular flexibility index (Phi) is 4.59. The van der Waals surface area contributed by atoms with E-state index in [2.05, 4.69) is 33.9 Å². The molecule has 0 fully saturated rings. The fraction of sp³-hybridized carbons (Fsp3) is 0.571. The highest BCUT2D eigenvalue weighted by molar-refractivity contribution is 6.74. The summed E-state index contributed by atoms with van der Waals surface area (Å²) >= 11 is 0. The summed E-state index contributed by atoms with van der Waals surface area (Å²) in [6.45, 7) is 11.3. The topological polar surface area (TPSA) is 55.5 Å². The zero-order valence-corrected chi connectivity index (χ0v) is 13.0. The maximum Gasteiger partial charge on any atom is 0.250 e. The zero-order valence-electron chi connectivity index (χ0n) is 12.0. The third kappa shape index (κ3) is 3.57. The number of nitrogens with two attached hydrogens (primary N) is 1. The minimum atomic E-state index is -1.83. The van der Waals surface area contributed by atoms with Crippen molar-refractivity contribution < 1.29 is 9.53 Å². The minimum absolute atomic E-state index is 0.162. The Balaban J connectivity index is 2.92. The van der Waals surface area contributed by atoms with Crippen LogP contribution in [0.1, 0.15) is 32.4 Å². The number of benzene rings is 1. The molecule has 18 heavy (non-hydrogen) atoms. The Hall–Kier alpha value is -0.843. The molecule has 1 rings (SSSR count). The second-order valence-electron chi connectivity index (χ2n) is 6.19. The highest BCUT2D eigenvalue weighted by Gasteiger charge is 2.38. The van der Waals surface area contributed by atoms with Gasteiger partial charge in [-0.3, -0.25) is 0 Å². The highest BCUT2D eigenvalue weighted by Crippen LogP contribution is 2.37. The summed E-state index contributed by atoms with van der Waals surface area (Å²) < 4.78 is 6.19. The maximum atomic E-state index is 9.74. The van der Waals surface area contributed by atoms with Crippen molar-refractivity contribution in [2.45, 2.75) is 45.0 Å². The Labute approximate surface area is 111 Å². The fourth-order valence-electron chi connectivity index (χ4n) is 1.37. The molecular formula is C14H25NO2Si. The molecule has 1 unspecified atom stereocenters. The van der Waals surface area contributed by atoms with Gasteiger partial charge in [-0.25, -0.2) is 0 Å². The van der Waals surface area contributed by atoms with Crippen molar-refractivity contribution in [2.75, 3.05) is 6.54 Å². The van der Waals surface area contributed by atoms with Crippen LogP contribution in [0.2, 0.25) is 18.1 Å². The van der Waals surface area contributed by atoms with E-state index in [9.17, 15) is 5.11 Å². The first-order valence-electron chi connectivity index (χ1n) is 6.34. The first-order valence-corrected chi connectivity index (χ1v) is 9.25. The van der Waals surface area contributed by atoms with Crippen molar-refractivity contribution in [3.05, 3.63) is 29.8 Å². The third-order valence-corrected chi connectivity index (χ3v) is 8.00. The molecule has 3 N–H and O–H groups in total. The summed E-state index contributed by atoms with van der Waals surface area (Å²) in [6.07, 6.45) is -0.618. The summed E-state index contributed by atoms with van der Waals surface area (Å²) in [7, 11) is -1.83. The van der Waals surface area contributed by atoms with Gasteiger partial charge in [-0.05, 0) is 35.8 Å². The predicted molar refractivity (Wildman–Crippen MR) is 78.3 cm³/mol. The molecule has 3 nitrogen and oxygen atoms in total. The molecule has 1 aromatic carbocycles. The largest absolute Gasteiger partial charge is 0.543 e. The van der Waals surface area contributed by atoms with Gasteiger partial charge in [0.15, 0.2) is 0 Å². The molecule has 0 bridgehead atoms. The van der Waals surface area contributed by atoms with Crippen LogP contribution in [0, 0.1) is 0 Å². The smallest absolute Gasteiger partial charge is 0.250 e. The predicted octanol–water partition coefficient (Wildman–Crippen LogP) is 3.06. The summed E-state index contributed by atoms with van der Waals surface area (Å²) in [5.74, 6) is 0.826. The average molecular weight is 267 g/mol. The number of aliphatic hydroxyl groups excluding tert-OH is 1. The lowest BCUT2D eigenvalue weighted by molar-refractivity contribution is 0.186. The quantitative estimate of drug-likeness (QED) is 0.824. The second-order valence-corrected chi connectivity index (χ2v) is 10.9. The molecule has 102 valence electrons. The normalized spacial score (nSPS) is 14.4. The molecule has 0 aromatic heterocycles. The van der Waals surface area contributed by atoms with Gasteiger partial charge in [0.1, 0.15) is 5.75 Å². The van der Waals surface area contributed by atoms with Gasteiger partial charge >= 0.3 is 0 Å². The van der Waals surface area contributed by atoms with Crippen LogP contribution in [0.5, 0.6) is 5.75 Å². The van der Waals surface area contributed by atoms with E-state index in [-0.39, 0.29) is 11.6 Å². The highest BCUT2D eigenvalue weighted by atomic mass is 28.4. The van der Waals surface area contributed by atoms with Gasteiger partial charge in [-0.1, -0.05) is 32.9 Å². The van der Waals surface area contributed by atoms with E-state index in [1.165, 1.54) is 0 Å². The second kappa shape index (κ2) is 5.43. The SMILES string of the molecule is CC(C)(C)[Si](C)(C)Oc1cccc(C(O)CN)c1. The van der Waals surface area contributed by atoms with E-state index in [4.69, 9.17) is 10.2 Å². The standard InChI is InChI=1S/C14H25NO2Si/c1-14(2,3)18(4,5)17-12-8-6-7-11(9-12)13(16)10-15/h6-9,13,16H,10,15H2,1-5H3. The van der Waals surface area contributed by atoms with Crippen LogP contribution < -0.4 is 10.2 Å². The van der Waals surface area contributed by atoms with Gasteiger partial charge in [0, 0.05) is 6.54 Å². The molecule has 0 aliphatic heterocycles. The van der Waals surface area contributed by atoms with Crippen LogP contribution in [0.15, 0.2) is 24.3 Å². The van der Waals surface area contributed by atoms with Crippen LogP contribution >= 0.6 is 0 Å². The van der Waals surface area contributed by atoms with E-state index in [0.717, 1.165) is 11.3 Å². The van der Waals surface area contributed by atoms with Gasteiger partial charge in [0.25, 0.3) is 0 Å².